The summed E-state index contributed by atoms with van der Waals surface area (Å²) >= 11 is 0. The first-order chi connectivity index (χ1) is 13.8. The highest BCUT2D eigenvalue weighted by atomic mass is 32.2. The molecule has 3 rings (SSSR count). The molecule has 0 bridgehead atoms. The maximum Gasteiger partial charge on any atom is 0.329 e. The molecule has 8 nitrogen and oxygen atoms in total. The van der Waals surface area contributed by atoms with Gasteiger partial charge in [-0.15, -0.1) is 0 Å². The summed E-state index contributed by atoms with van der Waals surface area (Å²) in [5, 5.41) is 0. The second kappa shape index (κ2) is 8.66. The molecule has 0 aromatic heterocycles. The van der Waals surface area contributed by atoms with Crippen molar-refractivity contribution in [3.63, 3.8) is 0 Å². The number of amides is 2. The molecule has 1 aliphatic heterocycles. The van der Waals surface area contributed by atoms with Crippen molar-refractivity contribution in [1.29, 1.82) is 0 Å². The summed E-state index contributed by atoms with van der Waals surface area (Å²) in [6.07, 6.45) is 0.956. The molecule has 2 amide bonds. The van der Waals surface area contributed by atoms with E-state index in [1.54, 1.807) is 35.2 Å². The van der Waals surface area contributed by atoms with Gasteiger partial charge in [-0.2, -0.15) is 8.42 Å². The number of methoxy groups -OCH3 is 1. The molecule has 2 aromatic rings. The largest absolute Gasteiger partial charge is 0.493 e. The minimum Gasteiger partial charge on any atom is -0.493 e. The van der Waals surface area contributed by atoms with Gasteiger partial charge in [-0.25, -0.2) is 9.18 Å². The molecule has 0 aliphatic carbocycles. The van der Waals surface area contributed by atoms with Crippen LogP contribution in [-0.2, 0) is 14.3 Å². The molecule has 156 valence electrons. The Hall–Kier alpha value is -2.85. The van der Waals surface area contributed by atoms with E-state index in [4.69, 9.17) is 9.47 Å². The molecule has 0 radical (unpaired) electrons. The van der Waals surface area contributed by atoms with Gasteiger partial charge in [0.2, 0.25) is 0 Å². The van der Waals surface area contributed by atoms with Gasteiger partial charge in [0.25, 0.3) is 10.1 Å². The van der Waals surface area contributed by atoms with Crippen LogP contribution < -0.4 is 19.3 Å². The van der Waals surface area contributed by atoms with Crippen molar-refractivity contribution >= 4 is 27.5 Å². The average Bonchev–Trinajstić information content (AvgIpc) is 3.06. The maximum atomic E-state index is 13.5. The van der Waals surface area contributed by atoms with E-state index in [0.29, 0.717) is 36.0 Å². The van der Waals surface area contributed by atoms with Gasteiger partial charge in [-0.1, -0.05) is 6.07 Å². The molecule has 0 spiro atoms. The number of anilines is 2. The summed E-state index contributed by atoms with van der Waals surface area (Å²) in [6.45, 7) is 0.656. The van der Waals surface area contributed by atoms with Crippen molar-refractivity contribution in [3.8, 4) is 11.5 Å². The second-order valence-corrected chi connectivity index (χ2v) is 7.92. The molecule has 0 saturated carbocycles. The fraction of sp³-hybridized carbons (Fsp3) is 0.316. The molecule has 1 aliphatic rings. The van der Waals surface area contributed by atoms with Crippen LogP contribution in [0.2, 0.25) is 0 Å². The lowest BCUT2D eigenvalue weighted by Crippen LogP contribution is -2.31. The number of urea groups is 1. The number of nitrogens with zero attached hydrogens (tertiary/aromatic N) is 2. The van der Waals surface area contributed by atoms with Crippen LogP contribution in [0.25, 0.3) is 0 Å². The SMILES string of the molecule is COc1ccc(N2CCN(c3cccc(F)c3)C2=O)cc1OCCOS(C)(=O)=O. The van der Waals surface area contributed by atoms with Gasteiger partial charge in [0.05, 0.1) is 13.4 Å². The highest BCUT2D eigenvalue weighted by Crippen LogP contribution is 2.34. The van der Waals surface area contributed by atoms with E-state index in [1.165, 1.54) is 24.1 Å². The first-order valence-corrected chi connectivity index (χ1v) is 10.6. The zero-order chi connectivity index (χ0) is 21.0. The zero-order valence-corrected chi connectivity index (χ0v) is 16.8. The summed E-state index contributed by atoms with van der Waals surface area (Å²) in [6, 6.07) is 10.6. The number of hydrogen-bond donors (Lipinski definition) is 0. The molecule has 1 saturated heterocycles. The van der Waals surface area contributed by atoms with E-state index in [1.807, 2.05) is 0 Å². The number of carbonyl (C=O) groups excluding carboxylic acids is 1. The van der Waals surface area contributed by atoms with Crippen molar-refractivity contribution in [3.05, 3.63) is 48.3 Å². The molecule has 1 heterocycles. The van der Waals surface area contributed by atoms with E-state index >= 15 is 0 Å². The molecular formula is C19H21FN2O6S. The van der Waals surface area contributed by atoms with Crippen LogP contribution >= 0.6 is 0 Å². The fourth-order valence-corrected chi connectivity index (χ4v) is 3.31. The fourth-order valence-electron chi connectivity index (χ4n) is 2.94. The number of halogens is 1. The number of hydrogen-bond acceptors (Lipinski definition) is 6. The van der Waals surface area contributed by atoms with Gasteiger partial charge in [0, 0.05) is 30.5 Å². The molecular weight excluding hydrogens is 403 g/mol. The van der Waals surface area contributed by atoms with Gasteiger partial charge in [-0.05, 0) is 30.3 Å². The quantitative estimate of drug-likeness (QED) is 0.478. The number of carbonyl (C=O) groups is 1. The Labute approximate surface area is 168 Å². The zero-order valence-electron chi connectivity index (χ0n) is 16.0. The first-order valence-electron chi connectivity index (χ1n) is 8.78. The monoisotopic (exact) mass is 424 g/mol. The van der Waals surface area contributed by atoms with Crippen LogP contribution in [0, 0.1) is 5.82 Å². The highest BCUT2D eigenvalue weighted by molar-refractivity contribution is 7.85. The highest BCUT2D eigenvalue weighted by Gasteiger charge is 2.31. The Morgan fingerprint density at radius 1 is 1.00 bits per heavy atom. The summed E-state index contributed by atoms with van der Waals surface area (Å²) in [4.78, 5) is 15.9. The Morgan fingerprint density at radius 2 is 1.69 bits per heavy atom. The average molecular weight is 424 g/mol. The molecule has 10 heteroatoms. The predicted molar refractivity (Wildman–Crippen MR) is 106 cm³/mol. The minimum absolute atomic E-state index is 0.0176. The topological polar surface area (TPSA) is 85.4 Å². The third kappa shape index (κ3) is 5.15. The van der Waals surface area contributed by atoms with Crippen molar-refractivity contribution in [2.24, 2.45) is 0 Å². The van der Waals surface area contributed by atoms with Crippen molar-refractivity contribution in [2.45, 2.75) is 0 Å². The standard InChI is InChI=1S/C19H21FN2O6S/c1-26-17-7-6-16(13-18(17)27-10-11-28-29(2,24)25)22-9-8-21(19(22)23)15-5-3-4-14(20)12-15/h3-7,12-13H,8-11H2,1-2H3. The number of ether oxygens (including phenoxy) is 2. The van der Waals surface area contributed by atoms with E-state index < -0.39 is 15.9 Å². The summed E-state index contributed by atoms with van der Waals surface area (Å²) in [5.41, 5.74) is 1.06. The maximum absolute atomic E-state index is 13.5. The van der Waals surface area contributed by atoms with E-state index in [2.05, 4.69) is 4.18 Å². The molecule has 1 fully saturated rings. The Kier molecular flexibility index (Phi) is 6.23. The van der Waals surface area contributed by atoms with Crippen molar-refractivity contribution in [2.75, 3.05) is 49.5 Å². The smallest absolute Gasteiger partial charge is 0.329 e. The van der Waals surface area contributed by atoms with Crippen LogP contribution in [0.3, 0.4) is 0 Å². The third-order valence-corrected chi connectivity index (χ3v) is 4.82. The number of rotatable bonds is 8. The van der Waals surface area contributed by atoms with Crippen LogP contribution in [0.15, 0.2) is 42.5 Å². The lowest BCUT2D eigenvalue weighted by Gasteiger charge is -2.20. The normalized spacial score (nSPS) is 14.4. The van der Waals surface area contributed by atoms with Gasteiger partial charge in [0.15, 0.2) is 11.5 Å². The minimum atomic E-state index is -3.55. The summed E-state index contributed by atoms with van der Waals surface area (Å²) < 4.78 is 51.0. The Balaban J connectivity index is 1.74. The van der Waals surface area contributed by atoms with Crippen molar-refractivity contribution in [1.82, 2.24) is 0 Å². The van der Waals surface area contributed by atoms with E-state index in [9.17, 15) is 17.6 Å². The van der Waals surface area contributed by atoms with Gasteiger partial charge in [-0.3, -0.25) is 14.0 Å². The third-order valence-electron chi connectivity index (χ3n) is 4.23. The molecule has 0 atom stereocenters. The van der Waals surface area contributed by atoms with E-state index in [0.717, 1.165) is 6.26 Å². The summed E-state index contributed by atoms with van der Waals surface area (Å²) in [7, 11) is -2.08. The van der Waals surface area contributed by atoms with Crippen molar-refractivity contribution < 1.29 is 31.3 Å². The lowest BCUT2D eigenvalue weighted by molar-refractivity contribution is 0.216. The molecule has 2 aromatic carbocycles. The van der Waals surface area contributed by atoms with Crippen LogP contribution in [0.5, 0.6) is 11.5 Å². The lowest BCUT2D eigenvalue weighted by atomic mass is 10.2. The van der Waals surface area contributed by atoms with Gasteiger partial charge >= 0.3 is 6.03 Å². The first kappa shape index (κ1) is 20.9. The molecule has 0 unspecified atom stereocenters. The van der Waals surface area contributed by atoms with E-state index in [-0.39, 0.29) is 19.2 Å². The van der Waals surface area contributed by atoms with Gasteiger partial charge in [0.1, 0.15) is 19.0 Å². The summed E-state index contributed by atoms with van der Waals surface area (Å²) in [5.74, 6) is 0.367. The van der Waals surface area contributed by atoms with Gasteiger partial charge < -0.3 is 9.47 Å². The Morgan fingerprint density at radius 3 is 2.31 bits per heavy atom. The van der Waals surface area contributed by atoms with Crippen LogP contribution in [0.1, 0.15) is 0 Å². The Bertz CT molecular complexity index is 998. The molecule has 0 N–H and O–H groups in total. The molecule has 29 heavy (non-hydrogen) atoms. The van der Waals surface area contributed by atoms with Crippen LogP contribution in [0.4, 0.5) is 20.6 Å². The van der Waals surface area contributed by atoms with Crippen LogP contribution in [-0.4, -0.2) is 54.1 Å². The predicted octanol–water partition coefficient (Wildman–Crippen LogP) is 2.64. The second-order valence-electron chi connectivity index (χ2n) is 6.28. The number of benzene rings is 2.